The molecular formula is C8H14O3. The lowest BCUT2D eigenvalue weighted by Crippen LogP contribution is -2.27. The lowest BCUT2D eigenvalue weighted by molar-refractivity contribution is -0.107. The van der Waals surface area contributed by atoms with Crippen molar-refractivity contribution >= 4 is 0 Å². The van der Waals surface area contributed by atoms with Crippen molar-refractivity contribution < 1.29 is 14.6 Å². The Bertz CT molecular complexity index is 131. The fraction of sp³-hybridized carbons (Fsp3) is 1.00. The molecule has 1 aliphatic heterocycles. The van der Waals surface area contributed by atoms with E-state index in [0.717, 1.165) is 19.3 Å². The number of hydrogen-bond donors (Lipinski definition) is 1. The lowest BCUT2D eigenvalue weighted by atomic mass is 10.1. The maximum Gasteiger partial charge on any atom is 0.163 e. The lowest BCUT2D eigenvalue weighted by Gasteiger charge is -2.19. The van der Waals surface area contributed by atoms with Crippen molar-refractivity contribution in [2.24, 2.45) is 5.92 Å². The van der Waals surface area contributed by atoms with E-state index in [-0.39, 0.29) is 18.3 Å². The molecule has 1 N–H and O–H groups in total. The Hall–Kier alpha value is -0.120. The summed E-state index contributed by atoms with van der Waals surface area (Å²) in [5, 5.41) is 9.49. The van der Waals surface area contributed by atoms with Gasteiger partial charge in [-0.1, -0.05) is 6.42 Å². The second-order valence-corrected chi connectivity index (χ2v) is 3.27. The Morgan fingerprint density at radius 3 is 2.36 bits per heavy atom. The topological polar surface area (TPSA) is 38.7 Å². The van der Waals surface area contributed by atoms with Crippen LogP contribution in [-0.2, 0) is 9.47 Å². The molecule has 2 atom stereocenters. The number of aliphatic hydroxyl groups is 1. The van der Waals surface area contributed by atoms with Crippen LogP contribution in [0.2, 0.25) is 0 Å². The molecule has 0 radical (unpaired) electrons. The Kier molecular flexibility index (Phi) is 2.11. The van der Waals surface area contributed by atoms with Crippen molar-refractivity contribution in [3.05, 3.63) is 0 Å². The van der Waals surface area contributed by atoms with Gasteiger partial charge in [-0.3, -0.25) is 0 Å². The van der Waals surface area contributed by atoms with E-state index < -0.39 is 0 Å². The molecule has 1 aliphatic carbocycles. The molecule has 0 amide bonds. The van der Waals surface area contributed by atoms with Gasteiger partial charge < -0.3 is 14.6 Å². The first-order valence-electron chi connectivity index (χ1n) is 4.29. The summed E-state index contributed by atoms with van der Waals surface area (Å²) in [6, 6.07) is 0. The molecule has 2 aliphatic rings. The standard InChI is InChI=1S/C8H14O3/c9-7-3-1-2-6(7)8-10-4-5-11-8/h6-9H,1-5H2/t6-,7-/m1/s1. The van der Waals surface area contributed by atoms with Gasteiger partial charge in [-0.2, -0.15) is 0 Å². The summed E-state index contributed by atoms with van der Waals surface area (Å²) in [5.74, 6) is 0.234. The van der Waals surface area contributed by atoms with Crippen LogP contribution in [0.5, 0.6) is 0 Å². The van der Waals surface area contributed by atoms with Gasteiger partial charge in [0.2, 0.25) is 0 Å². The van der Waals surface area contributed by atoms with E-state index in [1.54, 1.807) is 0 Å². The Morgan fingerprint density at radius 2 is 1.82 bits per heavy atom. The molecule has 64 valence electrons. The van der Waals surface area contributed by atoms with E-state index in [9.17, 15) is 5.11 Å². The van der Waals surface area contributed by atoms with Gasteiger partial charge in [0.25, 0.3) is 0 Å². The summed E-state index contributed by atoms with van der Waals surface area (Å²) >= 11 is 0. The van der Waals surface area contributed by atoms with Gasteiger partial charge in [-0.15, -0.1) is 0 Å². The van der Waals surface area contributed by atoms with Crippen LogP contribution < -0.4 is 0 Å². The van der Waals surface area contributed by atoms with E-state index in [0.29, 0.717) is 13.2 Å². The van der Waals surface area contributed by atoms with Crippen LogP contribution in [0.1, 0.15) is 19.3 Å². The van der Waals surface area contributed by atoms with Crippen LogP contribution in [0.3, 0.4) is 0 Å². The van der Waals surface area contributed by atoms with Crippen LogP contribution in [0.25, 0.3) is 0 Å². The van der Waals surface area contributed by atoms with Crippen LogP contribution >= 0.6 is 0 Å². The third-order valence-electron chi connectivity index (χ3n) is 2.53. The normalized spacial score (nSPS) is 40.1. The molecule has 0 aromatic carbocycles. The van der Waals surface area contributed by atoms with E-state index in [2.05, 4.69) is 0 Å². The van der Waals surface area contributed by atoms with Crippen molar-refractivity contribution in [1.82, 2.24) is 0 Å². The number of ether oxygens (including phenoxy) is 2. The number of hydrogen-bond acceptors (Lipinski definition) is 3. The highest BCUT2D eigenvalue weighted by Gasteiger charge is 2.35. The summed E-state index contributed by atoms with van der Waals surface area (Å²) in [4.78, 5) is 0. The van der Waals surface area contributed by atoms with Crippen molar-refractivity contribution in [3.63, 3.8) is 0 Å². The molecule has 0 aromatic rings. The highest BCUT2D eigenvalue weighted by atomic mass is 16.7. The highest BCUT2D eigenvalue weighted by molar-refractivity contribution is 4.80. The molecule has 1 heterocycles. The van der Waals surface area contributed by atoms with E-state index in [1.165, 1.54) is 0 Å². The van der Waals surface area contributed by atoms with Crippen molar-refractivity contribution in [3.8, 4) is 0 Å². The predicted octanol–water partition coefficient (Wildman–Crippen LogP) is 0.520. The van der Waals surface area contributed by atoms with Gasteiger partial charge in [0.05, 0.1) is 19.3 Å². The fourth-order valence-corrected chi connectivity index (χ4v) is 1.91. The summed E-state index contributed by atoms with van der Waals surface area (Å²) in [6.45, 7) is 1.38. The first kappa shape index (κ1) is 7.53. The third-order valence-corrected chi connectivity index (χ3v) is 2.53. The van der Waals surface area contributed by atoms with Gasteiger partial charge in [-0.05, 0) is 12.8 Å². The zero-order chi connectivity index (χ0) is 7.68. The molecule has 0 bridgehead atoms. The molecule has 2 fully saturated rings. The number of aliphatic hydroxyl groups excluding tert-OH is 1. The monoisotopic (exact) mass is 158 g/mol. The van der Waals surface area contributed by atoms with Crippen LogP contribution in [0, 0.1) is 5.92 Å². The largest absolute Gasteiger partial charge is 0.393 e. The molecule has 0 unspecified atom stereocenters. The second-order valence-electron chi connectivity index (χ2n) is 3.27. The van der Waals surface area contributed by atoms with Gasteiger partial charge in [0, 0.05) is 5.92 Å². The van der Waals surface area contributed by atoms with Crippen molar-refractivity contribution in [2.45, 2.75) is 31.7 Å². The fourth-order valence-electron chi connectivity index (χ4n) is 1.91. The average Bonchev–Trinajstić information content (AvgIpc) is 2.55. The second kappa shape index (κ2) is 3.09. The molecule has 3 heteroatoms. The predicted molar refractivity (Wildman–Crippen MR) is 39.0 cm³/mol. The Labute approximate surface area is 66.3 Å². The SMILES string of the molecule is O[C@@H]1CCC[C@H]1C1OCCO1. The zero-order valence-corrected chi connectivity index (χ0v) is 6.53. The quantitative estimate of drug-likeness (QED) is 0.604. The Morgan fingerprint density at radius 1 is 1.09 bits per heavy atom. The maximum atomic E-state index is 9.49. The minimum absolute atomic E-state index is 0.118. The van der Waals surface area contributed by atoms with E-state index in [4.69, 9.17) is 9.47 Å². The third kappa shape index (κ3) is 1.41. The Balaban J connectivity index is 1.92. The molecule has 1 saturated carbocycles. The summed E-state index contributed by atoms with van der Waals surface area (Å²) in [6.07, 6.45) is 2.75. The molecule has 0 aromatic heterocycles. The van der Waals surface area contributed by atoms with Crippen molar-refractivity contribution in [1.29, 1.82) is 0 Å². The number of rotatable bonds is 1. The first-order valence-corrected chi connectivity index (χ1v) is 4.29. The van der Waals surface area contributed by atoms with Crippen molar-refractivity contribution in [2.75, 3.05) is 13.2 Å². The van der Waals surface area contributed by atoms with Gasteiger partial charge >= 0.3 is 0 Å². The maximum absolute atomic E-state index is 9.49. The van der Waals surface area contributed by atoms with Gasteiger partial charge in [0.15, 0.2) is 6.29 Å². The molecule has 3 nitrogen and oxygen atoms in total. The van der Waals surface area contributed by atoms with E-state index in [1.807, 2.05) is 0 Å². The first-order chi connectivity index (χ1) is 5.38. The van der Waals surface area contributed by atoms with Crippen LogP contribution in [-0.4, -0.2) is 30.7 Å². The molecule has 2 rings (SSSR count). The summed E-state index contributed by atoms with van der Waals surface area (Å²) < 4.78 is 10.7. The highest BCUT2D eigenvalue weighted by Crippen LogP contribution is 2.31. The average molecular weight is 158 g/mol. The van der Waals surface area contributed by atoms with E-state index >= 15 is 0 Å². The summed E-state index contributed by atoms with van der Waals surface area (Å²) in [5.41, 5.74) is 0. The molecule has 11 heavy (non-hydrogen) atoms. The van der Waals surface area contributed by atoms with Gasteiger partial charge in [-0.25, -0.2) is 0 Å². The molecular weight excluding hydrogens is 144 g/mol. The van der Waals surface area contributed by atoms with Gasteiger partial charge in [0.1, 0.15) is 0 Å². The van der Waals surface area contributed by atoms with Crippen LogP contribution in [0.15, 0.2) is 0 Å². The molecule has 0 spiro atoms. The minimum Gasteiger partial charge on any atom is -0.393 e. The summed E-state index contributed by atoms with van der Waals surface area (Å²) in [7, 11) is 0. The molecule has 1 saturated heterocycles. The van der Waals surface area contributed by atoms with Crippen LogP contribution in [0.4, 0.5) is 0 Å². The minimum atomic E-state index is -0.196. The smallest absolute Gasteiger partial charge is 0.163 e. The zero-order valence-electron chi connectivity index (χ0n) is 6.53.